The van der Waals surface area contributed by atoms with Gasteiger partial charge in [-0.2, -0.15) is 0 Å². The average Bonchev–Trinajstić information content (AvgIpc) is 2.65. The summed E-state index contributed by atoms with van der Waals surface area (Å²) in [7, 11) is 0. The summed E-state index contributed by atoms with van der Waals surface area (Å²) in [4.78, 5) is 23.4. The predicted molar refractivity (Wildman–Crippen MR) is 117 cm³/mol. The second-order valence-electron chi connectivity index (χ2n) is 8.00. The molecule has 0 unspecified atom stereocenters. The van der Waals surface area contributed by atoms with E-state index in [0.717, 1.165) is 25.7 Å². The van der Waals surface area contributed by atoms with Crippen molar-refractivity contribution < 1.29 is 87.4 Å². The number of rotatable bonds is 20. The van der Waals surface area contributed by atoms with E-state index < -0.39 is 0 Å². The van der Waals surface area contributed by atoms with Gasteiger partial charge in [0, 0.05) is 12.8 Å². The number of esters is 2. The third-order valence-electron chi connectivity index (χ3n) is 5.20. The average molecular weight is 431 g/mol. The fraction of sp³-hybridized carbons (Fsp3) is 0.917. The molecule has 0 spiro atoms. The van der Waals surface area contributed by atoms with E-state index in [0.29, 0.717) is 12.8 Å². The molecule has 0 fully saturated rings. The van der Waals surface area contributed by atoms with Gasteiger partial charge in [-0.15, -0.1) is 0 Å². The Morgan fingerprint density at radius 1 is 0.517 bits per heavy atom. The van der Waals surface area contributed by atoms with E-state index in [-0.39, 0.29) is 85.0 Å². The van der Waals surface area contributed by atoms with Crippen LogP contribution in [0.4, 0.5) is 0 Å². The maximum atomic E-state index is 11.7. The summed E-state index contributed by atoms with van der Waals surface area (Å²) in [6.07, 6.45) is 22.8. The molecular weight excluding hydrogens is 382 g/mol. The Balaban J connectivity index is -0.000000563. The molecule has 5 heteroatoms. The minimum Gasteiger partial charge on any atom is -1.00 e. The van der Waals surface area contributed by atoms with Crippen molar-refractivity contribution in [3.8, 4) is 0 Å². The maximum absolute atomic E-state index is 11.7. The van der Waals surface area contributed by atoms with Crippen molar-refractivity contribution in [2.75, 3.05) is 0 Å². The van der Waals surface area contributed by atoms with Crippen molar-refractivity contribution in [3.05, 3.63) is 0 Å². The molecule has 0 heterocycles. The molecule has 0 N–H and O–H groups in total. The SMILES string of the molecule is CCCCCCCCCCCC(=O)OC(=O)CCCCCCCCCCC.[H-].[H-].[K+].[Li+]. The zero-order valence-corrected chi connectivity index (χ0v) is 23.5. The molecule has 0 aliphatic carbocycles. The van der Waals surface area contributed by atoms with Crippen molar-refractivity contribution in [3.63, 3.8) is 0 Å². The van der Waals surface area contributed by atoms with Crippen LogP contribution in [0.5, 0.6) is 0 Å². The van der Waals surface area contributed by atoms with Crippen LogP contribution >= 0.6 is 0 Å². The topological polar surface area (TPSA) is 43.4 Å². The number of unbranched alkanes of at least 4 members (excludes halogenated alkanes) is 16. The molecule has 0 radical (unpaired) electrons. The van der Waals surface area contributed by atoms with E-state index in [1.165, 1.54) is 89.9 Å². The zero-order chi connectivity index (χ0) is 20.0. The summed E-state index contributed by atoms with van der Waals surface area (Å²) in [5.41, 5.74) is 0. The number of carbonyl (C=O) groups excluding carboxylic acids is 2. The Kier molecular flexibility index (Phi) is 35.4. The van der Waals surface area contributed by atoms with Crippen LogP contribution in [0.1, 0.15) is 145 Å². The molecule has 0 saturated heterocycles. The molecule has 0 rings (SSSR count). The van der Waals surface area contributed by atoms with Crippen LogP contribution in [-0.4, -0.2) is 11.9 Å². The first-order valence-electron chi connectivity index (χ1n) is 11.9. The second-order valence-corrected chi connectivity index (χ2v) is 8.00. The van der Waals surface area contributed by atoms with E-state index in [1.807, 2.05) is 0 Å². The van der Waals surface area contributed by atoms with Gasteiger partial charge in [0.25, 0.3) is 0 Å². The van der Waals surface area contributed by atoms with Gasteiger partial charge < -0.3 is 7.59 Å². The van der Waals surface area contributed by atoms with Crippen LogP contribution in [-0.2, 0) is 14.3 Å². The predicted octanol–water partition coefficient (Wildman–Crippen LogP) is 2.13. The summed E-state index contributed by atoms with van der Waals surface area (Å²) in [5.74, 6) is -0.669. The number of hydrogen-bond acceptors (Lipinski definition) is 3. The summed E-state index contributed by atoms with van der Waals surface area (Å²) in [6.45, 7) is 4.47. The van der Waals surface area contributed by atoms with Gasteiger partial charge in [0.1, 0.15) is 0 Å². The van der Waals surface area contributed by atoms with Crippen LogP contribution in [0, 0.1) is 0 Å². The summed E-state index contributed by atoms with van der Waals surface area (Å²) >= 11 is 0. The van der Waals surface area contributed by atoms with Gasteiger partial charge >= 0.3 is 82.2 Å². The molecule has 0 atom stereocenters. The molecule has 164 valence electrons. The fourth-order valence-corrected chi connectivity index (χ4v) is 3.39. The largest absolute Gasteiger partial charge is 1.00 e. The minimum atomic E-state index is -0.334. The fourth-order valence-electron chi connectivity index (χ4n) is 3.39. The minimum absolute atomic E-state index is 0. The van der Waals surface area contributed by atoms with Crippen LogP contribution in [0.3, 0.4) is 0 Å². The van der Waals surface area contributed by atoms with Crippen molar-refractivity contribution in [1.29, 1.82) is 0 Å². The Labute approximate surface area is 239 Å². The zero-order valence-electron chi connectivity index (χ0n) is 22.4. The van der Waals surface area contributed by atoms with Crippen LogP contribution in [0.25, 0.3) is 0 Å². The monoisotopic (exact) mass is 430 g/mol. The number of carbonyl (C=O) groups is 2. The quantitative estimate of drug-likeness (QED) is 0.129. The van der Waals surface area contributed by atoms with Crippen LogP contribution < -0.4 is 70.2 Å². The van der Waals surface area contributed by atoms with Gasteiger partial charge in [-0.25, -0.2) is 0 Å². The first-order chi connectivity index (χ1) is 13.2. The molecule has 0 aliphatic rings. The molecule has 0 amide bonds. The molecule has 0 bridgehead atoms. The molecule has 29 heavy (non-hydrogen) atoms. The van der Waals surface area contributed by atoms with Gasteiger partial charge in [0.05, 0.1) is 0 Å². The summed E-state index contributed by atoms with van der Waals surface area (Å²) < 4.78 is 4.92. The molecule has 3 nitrogen and oxygen atoms in total. The van der Waals surface area contributed by atoms with Crippen molar-refractivity contribution in [2.24, 2.45) is 0 Å². The van der Waals surface area contributed by atoms with E-state index in [9.17, 15) is 9.59 Å². The van der Waals surface area contributed by atoms with E-state index in [1.54, 1.807) is 0 Å². The smallest absolute Gasteiger partial charge is 1.00 e. The number of hydrogen-bond donors (Lipinski definition) is 0. The Hall–Kier alpha value is 1.37. The molecular formula is C24H48KLiO3. The molecule has 0 aromatic heterocycles. The number of ether oxygens (including phenoxy) is 1. The Morgan fingerprint density at radius 3 is 1.03 bits per heavy atom. The van der Waals surface area contributed by atoms with Gasteiger partial charge in [-0.1, -0.05) is 117 Å². The third kappa shape index (κ3) is 29.4. The maximum Gasteiger partial charge on any atom is 1.00 e. The van der Waals surface area contributed by atoms with Crippen LogP contribution in [0.2, 0.25) is 0 Å². The van der Waals surface area contributed by atoms with Crippen molar-refractivity contribution >= 4 is 11.9 Å². The molecule has 0 saturated carbocycles. The Morgan fingerprint density at radius 2 is 0.759 bits per heavy atom. The van der Waals surface area contributed by atoms with Crippen molar-refractivity contribution in [1.82, 2.24) is 0 Å². The van der Waals surface area contributed by atoms with Crippen molar-refractivity contribution in [2.45, 2.75) is 142 Å². The van der Waals surface area contributed by atoms with Gasteiger partial charge in [-0.3, -0.25) is 9.59 Å². The van der Waals surface area contributed by atoms with Crippen LogP contribution in [0.15, 0.2) is 0 Å². The normalized spacial score (nSPS) is 10.1. The van der Waals surface area contributed by atoms with Gasteiger partial charge in [0.2, 0.25) is 0 Å². The molecule has 0 aliphatic heterocycles. The third-order valence-corrected chi connectivity index (χ3v) is 5.20. The second kappa shape index (κ2) is 29.4. The standard InChI is InChI=1S/C24H46O3.K.Li.2H/c1-3-5-7-9-11-13-15-17-19-21-23(25)27-24(26)22-20-18-16-14-12-10-8-6-4-2;;;;/h3-22H2,1-2H3;;;;/q;2*+1;2*-1. The molecule has 0 aromatic carbocycles. The summed E-state index contributed by atoms with van der Waals surface area (Å²) in [6, 6.07) is 0. The Bertz CT molecular complexity index is 330. The van der Waals surface area contributed by atoms with Gasteiger partial charge in [-0.05, 0) is 12.8 Å². The summed E-state index contributed by atoms with van der Waals surface area (Å²) in [5, 5.41) is 0. The van der Waals surface area contributed by atoms with E-state index in [2.05, 4.69) is 13.8 Å². The van der Waals surface area contributed by atoms with Gasteiger partial charge in [0.15, 0.2) is 0 Å². The first kappa shape index (κ1) is 35.0. The van der Waals surface area contributed by atoms with E-state index in [4.69, 9.17) is 4.74 Å². The first-order valence-corrected chi connectivity index (χ1v) is 11.9. The molecule has 0 aromatic rings. The van der Waals surface area contributed by atoms with E-state index >= 15 is 0 Å².